The molecule has 1 fully saturated rings. The van der Waals surface area contributed by atoms with Gasteiger partial charge in [0.2, 0.25) is 5.88 Å². The van der Waals surface area contributed by atoms with E-state index in [0.29, 0.717) is 16.9 Å². The van der Waals surface area contributed by atoms with Crippen LogP contribution in [0.4, 0.5) is 0 Å². The fraction of sp³-hybridized carbons (Fsp3) is 0.714. The Morgan fingerprint density at radius 1 is 1.06 bits per heavy atom. The van der Waals surface area contributed by atoms with Crippen LogP contribution in [0.15, 0.2) is 0 Å². The highest BCUT2D eigenvalue weighted by molar-refractivity contribution is 6.30. The van der Waals surface area contributed by atoms with Crippen LogP contribution in [0.3, 0.4) is 0 Å². The summed E-state index contributed by atoms with van der Waals surface area (Å²) in [6, 6.07) is 0. The summed E-state index contributed by atoms with van der Waals surface area (Å²) in [5.74, 6) is 2.76. The molecule has 100 valence electrons. The zero-order chi connectivity index (χ0) is 13.3. The van der Waals surface area contributed by atoms with Crippen molar-refractivity contribution in [3.05, 3.63) is 16.5 Å². The van der Waals surface area contributed by atoms with Gasteiger partial charge in [0.15, 0.2) is 0 Å². The first-order valence-corrected chi connectivity index (χ1v) is 7.01. The molecule has 2 atom stereocenters. The van der Waals surface area contributed by atoms with E-state index in [0.717, 1.165) is 30.2 Å². The van der Waals surface area contributed by atoms with Crippen molar-refractivity contribution in [3.63, 3.8) is 0 Å². The fourth-order valence-electron chi connectivity index (χ4n) is 2.81. The second-order valence-corrected chi connectivity index (χ2v) is 6.01. The van der Waals surface area contributed by atoms with Crippen molar-refractivity contribution in [1.29, 1.82) is 0 Å². The van der Waals surface area contributed by atoms with Crippen molar-refractivity contribution < 1.29 is 4.74 Å². The molecule has 1 aromatic heterocycles. The number of halogens is 1. The Bertz CT molecular complexity index is 426. The van der Waals surface area contributed by atoms with Crippen LogP contribution in [0.1, 0.15) is 44.5 Å². The number of hydrogen-bond acceptors (Lipinski definition) is 3. The summed E-state index contributed by atoms with van der Waals surface area (Å²) < 4.78 is 6.05. The minimum Gasteiger partial charge on any atom is -0.474 e. The second-order valence-electron chi connectivity index (χ2n) is 5.65. The van der Waals surface area contributed by atoms with Crippen LogP contribution in [0.2, 0.25) is 5.15 Å². The first-order valence-electron chi connectivity index (χ1n) is 6.63. The minimum absolute atomic E-state index is 0.257. The molecule has 0 aliphatic heterocycles. The third-order valence-corrected chi connectivity index (χ3v) is 3.94. The molecular formula is C14H21ClN2O. The Labute approximate surface area is 114 Å². The molecule has 2 unspecified atom stereocenters. The van der Waals surface area contributed by atoms with Crippen molar-refractivity contribution in [2.24, 2.45) is 11.8 Å². The molecule has 1 aliphatic carbocycles. The standard InChI is InChI=1S/C14H21ClN2O/c1-8-5-9(2)7-12(6-8)18-14-10(3)13(15)16-11(4)17-14/h8-9,12H,5-7H2,1-4H3. The van der Waals surface area contributed by atoms with Crippen molar-refractivity contribution >= 4 is 11.6 Å². The maximum atomic E-state index is 6.06. The second kappa shape index (κ2) is 5.43. The lowest BCUT2D eigenvalue weighted by Crippen LogP contribution is -2.29. The molecule has 0 bridgehead atoms. The van der Waals surface area contributed by atoms with Crippen molar-refractivity contribution in [1.82, 2.24) is 9.97 Å². The summed E-state index contributed by atoms with van der Waals surface area (Å²) in [6.45, 7) is 8.32. The number of aromatic nitrogens is 2. The molecule has 3 nitrogen and oxygen atoms in total. The molecule has 18 heavy (non-hydrogen) atoms. The monoisotopic (exact) mass is 268 g/mol. The summed E-state index contributed by atoms with van der Waals surface area (Å²) in [5, 5.41) is 0.495. The Kier molecular flexibility index (Phi) is 4.10. The molecule has 0 N–H and O–H groups in total. The molecule has 0 aromatic carbocycles. The maximum Gasteiger partial charge on any atom is 0.221 e. The molecular weight excluding hydrogens is 248 g/mol. The quantitative estimate of drug-likeness (QED) is 0.762. The van der Waals surface area contributed by atoms with Crippen LogP contribution in [0, 0.1) is 25.7 Å². The molecule has 1 aliphatic rings. The van der Waals surface area contributed by atoms with Gasteiger partial charge in [-0.15, -0.1) is 0 Å². The fourth-order valence-corrected chi connectivity index (χ4v) is 3.02. The van der Waals surface area contributed by atoms with Crippen LogP contribution in [-0.2, 0) is 0 Å². The first-order chi connectivity index (χ1) is 8.45. The van der Waals surface area contributed by atoms with E-state index < -0.39 is 0 Å². The zero-order valence-electron chi connectivity index (χ0n) is 11.5. The lowest BCUT2D eigenvalue weighted by Gasteiger charge is -2.31. The highest BCUT2D eigenvalue weighted by atomic mass is 35.5. The van der Waals surface area contributed by atoms with Gasteiger partial charge in [-0.3, -0.25) is 0 Å². The first kappa shape index (κ1) is 13.6. The SMILES string of the molecule is Cc1nc(Cl)c(C)c(OC2CC(C)CC(C)C2)n1. The predicted octanol–water partition coefficient (Wildman–Crippen LogP) is 3.95. The van der Waals surface area contributed by atoms with E-state index in [1.807, 2.05) is 13.8 Å². The number of ether oxygens (including phenoxy) is 1. The molecule has 1 aromatic rings. The van der Waals surface area contributed by atoms with Crippen LogP contribution in [0.5, 0.6) is 5.88 Å². The van der Waals surface area contributed by atoms with Gasteiger partial charge in [-0.1, -0.05) is 25.4 Å². The van der Waals surface area contributed by atoms with Gasteiger partial charge in [0.25, 0.3) is 0 Å². The van der Waals surface area contributed by atoms with Crippen molar-refractivity contribution in [2.45, 2.75) is 53.1 Å². The van der Waals surface area contributed by atoms with Crippen molar-refractivity contribution in [3.8, 4) is 5.88 Å². The van der Waals surface area contributed by atoms with Crippen LogP contribution < -0.4 is 4.74 Å². The predicted molar refractivity (Wildman–Crippen MR) is 73.1 cm³/mol. The number of nitrogens with zero attached hydrogens (tertiary/aromatic N) is 2. The molecule has 0 saturated heterocycles. The van der Waals surface area contributed by atoms with E-state index >= 15 is 0 Å². The molecule has 0 radical (unpaired) electrons. The highest BCUT2D eigenvalue weighted by Crippen LogP contribution is 2.32. The summed E-state index contributed by atoms with van der Waals surface area (Å²) in [7, 11) is 0. The summed E-state index contributed by atoms with van der Waals surface area (Å²) in [4.78, 5) is 8.49. The average Bonchev–Trinajstić information content (AvgIpc) is 2.23. The van der Waals surface area contributed by atoms with Gasteiger partial charge >= 0.3 is 0 Å². The Morgan fingerprint density at radius 2 is 1.67 bits per heavy atom. The maximum absolute atomic E-state index is 6.06. The Morgan fingerprint density at radius 3 is 2.28 bits per heavy atom. The van der Waals surface area contributed by atoms with Gasteiger partial charge in [-0.2, -0.15) is 4.98 Å². The third kappa shape index (κ3) is 3.14. The number of aryl methyl sites for hydroxylation is 1. The van der Waals surface area contributed by atoms with Gasteiger partial charge in [0, 0.05) is 5.56 Å². The third-order valence-electron chi connectivity index (χ3n) is 3.57. The number of rotatable bonds is 2. The molecule has 0 amide bonds. The van der Waals surface area contributed by atoms with E-state index in [-0.39, 0.29) is 6.10 Å². The molecule has 2 rings (SSSR count). The van der Waals surface area contributed by atoms with Gasteiger partial charge in [-0.05, 0) is 44.9 Å². The molecule has 1 heterocycles. The van der Waals surface area contributed by atoms with E-state index in [1.54, 1.807) is 0 Å². The van der Waals surface area contributed by atoms with Crippen LogP contribution in [-0.4, -0.2) is 16.1 Å². The van der Waals surface area contributed by atoms with E-state index in [2.05, 4.69) is 23.8 Å². The molecule has 0 spiro atoms. The smallest absolute Gasteiger partial charge is 0.221 e. The zero-order valence-corrected chi connectivity index (χ0v) is 12.3. The Balaban J connectivity index is 2.14. The van der Waals surface area contributed by atoms with E-state index in [1.165, 1.54) is 6.42 Å². The lowest BCUT2D eigenvalue weighted by molar-refractivity contribution is 0.0956. The summed E-state index contributed by atoms with van der Waals surface area (Å²) >= 11 is 6.06. The summed E-state index contributed by atoms with van der Waals surface area (Å²) in [5.41, 5.74) is 0.841. The molecule has 4 heteroatoms. The normalized spacial score (nSPS) is 28.2. The van der Waals surface area contributed by atoms with Gasteiger partial charge in [-0.25, -0.2) is 4.98 Å². The average molecular weight is 269 g/mol. The lowest BCUT2D eigenvalue weighted by atomic mass is 9.82. The van der Waals surface area contributed by atoms with Crippen LogP contribution >= 0.6 is 11.6 Å². The Hall–Kier alpha value is -0.830. The van der Waals surface area contributed by atoms with E-state index in [9.17, 15) is 0 Å². The van der Waals surface area contributed by atoms with Gasteiger partial charge < -0.3 is 4.74 Å². The van der Waals surface area contributed by atoms with Crippen molar-refractivity contribution in [2.75, 3.05) is 0 Å². The topological polar surface area (TPSA) is 35.0 Å². The number of hydrogen-bond donors (Lipinski definition) is 0. The largest absolute Gasteiger partial charge is 0.474 e. The minimum atomic E-state index is 0.257. The highest BCUT2D eigenvalue weighted by Gasteiger charge is 2.26. The molecule has 1 saturated carbocycles. The van der Waals surface area contributed by atoms with E-state index in [4.69, 9.17) is 16.3 Å². The summed E-state index contributed by atoms with van der Waals surface area (Å²) in [6.07, 6.45) is 3.75. The van der Waals surface area contributed by atoms with Gasteiger partial charge in [0.05, 0.1) is 0 Å². The van der Waals surface area contributed by atoms with Gasteiger partial charge in [0.1, 0.15) is 17.1 Å². The van der Waals surface area contributed by atoms with Crippen LogP contribution in [0.25, 0.3) is 0 Å².